The van der Waals surface area contributed by atoms with Crippen molar-refractivity contribution in [3.05, 3.63) is 42.0 Å². The molecule has 1 heterocycles. The van der Waals surface area contributed by atoms with E-state index >= 15 is 0 Å². The van der Waals surface area contributed by atoms with Crippen LogP contribution in [0.2, 0.25) is 0 Å². The van der Waals surface area contributed by atoms with Gasteiger partial charge in [0.2, 0.25) is 0 Å². The predicted molar refractivity (Wildman–Crippen MR) is 82.0 cm³/mol. The van der Waals surface area contributed by atoms with Crippen LogP contribution in [0.3, 0.4) is 0 Å². The molecule has 1 unspecified atom stereocenters. The Bertz CT molecular complexity index is 657. The highest BCUT2D eigenvalue weighted by Gasteiger charge is 2.42. The summed E-state index contributed by atoms with van der Waals surface area (Å²) in [7, 11) is 1.60. The van der Waals surface area contributed by atoms with Gasteiger partial charge in [0.15, 0.2) is 0 Å². The summed E-state index contributed by atoms with van der Waals surface area (Å²) in [5.41, 5.74) is 0.899. The van der Waals surface area contributed by atoms with Crippen LogP contribution in [0, 0.1) is 0 Å². The summed E-state index contributed by atoms with van der Waals surface area (Å²) in [4.78, 5) is 0. The number of hydrogen-bond donors (Lipinski definition) is 3. The first kappa shape index (κ1) is 15.2. The molecular weight excluding hydrogens is 284 g/mol. The number of hydrogen-bond acceptors (Lipinski definition) is 5. The molecule has 0 bridgehead atoms. The van der Waals surface area contributed by atoms with E-state index in [1.165, 1.54) is 0 Å². The third-order valence-electron chi connectivity index (χ3n) is 4.21. The molecule has 4 atom stereocenters. The van der Waals surface area contributed by atoms with E-state index in [0.717, 1.165) is 22.1 Å². The maximum Gasteiger partial charge on any atom is 0.122 e. The molecule has 118 valence electrons. The molecule has 0 aromatic heterocycles. The van der Waals surface area contributed by atoms with Gasteiger partial charge in [0.1, 0.15) is 24.1 Å². The molecule has 1 saturated heterocycles. The maximum atomic E-state index is 10.1. The molecule has 0 aliphatic carbocycles. The SMILES string of the molecule is COc1cc2ccccc2cc1C[C@@H]1O[C@H](CO)[C@H](O)C1O. The average Bonchev–Trinajstić information content (AvgIpc) is 2.82. The molecule has 22 heavy (non-hydrogen) atoms. The van der Waals surface area contributed by atoms with Crippen LogP contribution in [0.1, 0.15) is 5.56 Å². The molecule has 2 aromatic carbocycles. The molecule has 0 saturated carbocycles. The molecule has 0 spiro atoms. The minimum atomic E-state index is -1.07. The fourth-order valence-electron chi connectivity index (χ4n) is 2.98. The largest absolute Gasteiger partial charge is 0.496 e. The van der Waals surface area contributed by atoms with Gasteiger partial charge in [-0.15, -0.1) is 0 Å². The Morgan fingerprint density at radius 2 is 1.68 bits per heavy atom. The highest BCUT2D eigenvalue weighted by atomic mass is 16.6. The second-order valence-electron chi connectivity index (χ2n) is 5.59. The third-order valence-corrected chi connectivity index (χ3v) is 4.21. The number of aliphatic hydroxyl groups is 3. The molecule has 5 heteroatoms. The van der Waals surface area contributed by atoms with E-state index in [1.54, 1.807) is 7.11 Å². The molecule has 1 fully saturated rings. The quantitative estimate of drug-likeness (QED) is 0.781. The Balaban J connectivity index is 1.90. The van der Waals surface area contributed by atoms with Gasteiger partial charge in [-0.05, 0) is 28.5 Å². The minimum Gasteiger partial charge on any atom is -0.496 e. The third kappa shape index (κ3) is 2.68. The van der Waals surface area contributed by atoms with Crippen LogP contribution in [-0.4, -0.2) is 53.5 Å². The Morgan fingerprint density at radius 1 is 1.05 bits per heavy atom. The zero-order valence-electron chi connectivity index (χ0n) is 12.3. The fraction of sp³-hybridized carbons (Fsp3) is 0.412. The minimum absolute atomic E-state index is 0.316. The standard InChI is InChI=1S/C17H20O5/c1-21-13-7-11-5-3-2-4-10(11)6-12(13)8-14-16(19)17(20)15(9-18)22-14/h2-7,14-20H,8-9H2,1H3/t14-,15+,16?,17-/m0/s1. The van der Waals surface area contributed by atoms with Gasteiger partial charge in [-0.25, -0.2) is 0 Å². The monoisotopic (exact) mass is 304 g/mol. The average molecular weight is 304 g/mol. The molecule has 0 radical (unpaired) electrons. The van der Waals surface area contributed by atoms with E-state index in [2.05, 4.69) is 0 Å². The predicted octanol–water partition coefficient (Wildman–Crippen LogP) is 0.872. The summed E-state index contributed by atoms with van der Waals surface area (Å²) in [5, 5.41) is 31.2. The van der Waals surface area contributed by atoms with Gasteiger partial charge in [0.05, 0.1) is 19.8 Å². The molecule has 2 aromatic rings. The lowest BCUT2D eigenvalue weighted by Crippen LogP contribution is -2.34. The van der Waals surface area contributed by atoms with Gasteiger partial charge in [-0.3, -0.25) is 0 Å². The van der Waals surface area contributed by atoms with Crippen molar-refractivity contribution in [3.63, 3.8) is 0 Å². The number of benzene rings is 2. The maximum absolute atomic E-state index is 10.1. The Hall–Kier alpha value is -1.66. The fourth-order valence-corrected chi connectivity index (χ4v) is 2.98. The summed E-state index contributed by atoms with van der Waals surface area (Å²) in [5.74, 6) is 0.719. The van der Waals surface area contributed by atoms with Crippen LogP contribution in [0.25, 0.3) is 10.8 Å². The lowest BCUT2D eigenvalue weighted by molar-refractivity contribution is -0.0216. The lowest BCUT2D eigenvalue weighted by Gasteiger charge is -2.17. The van der Waals surface area contributed by atoms with Gasteiger partial charge in [-0.1, -0.05) is 24.3 Å². The highest BCUT2D eigenvalue weighted by molar-refractivity contribution is 5.85. The topological polar surface area (TPSA) is 79.2 Å². The van der Waals surface area contributed by atoms with E-state index in [1.807, 2.05) is 36.4 Å². The normalized spacial score (nSPS) is 28.2. The molecule has 1 aliphatic heterocycles. The second kappa shape index (κ2) is 6.22. The lowest BCUT2D eigenvalue weighted by atomic mass is 9.98. The van der Waals surface area contributed by atoms with Crippen LogP contribution in [-0.2, 0) is 11.2 Å². The Labute approximate surface area is 128 Å². The van der Waals surface area contributed by atoms with E-state index in [0.29, 0.717) is 6.42 Å². The zero-order valence-corrected chi connectivity index (χ0v) is 12.3. The van der Waals surface area contributed by atoms with Crippen molar-refractivity contribution in [1.82, 2.24) is 0 Å². The summed E-state index contributed by atoms with van der Waals surface area (Å²) in [6.07, 6.45) is -2.99. The molecular formula is C17H20O5. The Kier molecular flexibility index (Phi) is 4.31. The van der Waals surface area contributed by atoms with Gasteiger partial charge >= 0.3 is 0 Å². The van der Waals surface area contributed by atoms with E-state index in [4.69, 9.17) is 14.6 Å². The number of rotatable bonds is 4. The summed E-state index contributed by atoms with van der Waals surface area (Å²) in [6, 6.07) is 11.9. The number of fused-ring (bicyclic) bond motifs is 1. The zero-order chi connectivity index (χ0) is 15.7. The first-order chi connectivity index (χ1) is 10.6. The molecule has 1 aliphatic rings. The van der Waals surface area contributed by atoms with Crippen molar-refractivity contribution in [2.24, 2.45) is 0 Å². The summed E-state index contributed by atoms with van der Waals surface area (Å²) < 4.78 is 11.0. The highest BCUT2D eigenvalue weighted by Crippen LogP contribution is 2.30. The van der Waals surface area contributed by atoms with Crippen LogP contribution >= 0.6 is 0 Å². The van der Waals surface area contributed by atoms with E-state index < -0.39 is 24.4 Å². The van der Waals surface area contributed by atoms with Crippen molar-refractivity contribution in [1.29, 1.82) is 0 Å². The molecule has 3 rings (SSSR count). The van der Waals surface area contributed by atoms with Crippen molar-refractivity contribution in [2.45, 2.75) is 30.8 Å². The van der Waals surface area contributed by atoms with Crippen molar-refractivity contribution >= 4 is 10.8 Å². The number of ether oxygens (including phenoxy) is 2. The molecule has 3 N–H and O–H groups in total. The van der Waals surface area contributed by atoms with Gasteiger partial charge in [-0.2, -0.15) is 0 Å². The van der Waals surface area contributed by atoms with Gasteiger partial charge < -0.3 is 24.8 Å². The number of aliphatic hydroxyl groups excluding tert-OH is 3. The van der Waals surface area contributed by atoms with Crippen molar-refractivity contribution < 1.29 is 24.8 Å². The smallest absolute Gasteiger partial charge is 0.122 e. The van der Waals surface area contributed by atoms with E-state index in [9.17, 15) is 10.2 Å². The molecule has 0 amide bonds. The Morgan fingerprint density at radius 3 is 2.27 bits per heavy atom. The van der Waals surface area contributed by atoms with E-state index in [-0.39, 0.29) is 6.61 Å². The van der Waals surface area contributed by atoms with Crippen molar-refractivity contribution in [3.8, 4) is 5.75 Å². The van der Waals surface area contributed by atoms with Crippen LogP contribution < -0.4 is 4.74 Å². The first-order valence-electron chi connectivity index (χ1n) is 7.32. The summed E-state index contributed by atoms with van der Waals surface area (Å²) >= 11 is 0. The van der Waals surface area contributed by atoms with Crippen LogP contribution in [0.5, 0.6) is 5.75 Å². The van der Waals surface area contributed by atoms with Crippen LogP contribution in [0.15, 0.2) is 36.4 Å². The number of methoxy groups -OCH3 is 1. The second-order valence-corrected chi connectivity index (χ2v) is 5.59. The summed E-state index contributed by atoms with van der Waals surface area (Å²) in [6.45, 7) is -0.316. The van der Waals surface area contributed by atoms with Gasteiger partial charge in [0, 0.05) is 6.42 Å². The molecule has 5 nitrogen and oxygen atoms in total. The van der Waals surface area contributed by atoms with Crippen LogP contribution in [0.4, 0.5) is 0 Å². The van der Waals surface area contributed by atoms with Crippen molar-refractivity contribution in [2.75, 3.05) is 13.7 Å². The van der Waals surface area contributed by atoms with Gasteiger partial charge in [0.25, 0.3) is 0 Å². The first-order valence-corrected chi connectivity index (χ1v) is 7.32.